The van der Waals surface area contributed by atoms with E-state index in [-0.39, 0.29) is 49.7 Å². The van der Waals surface area contributed by atoms with E-state index in [2.05, 4.69) is 26.6 Å². The summed E-state index contributed by atoms with van der Waals surface area (Å²) in [6.45, 7) is 0.535. The first-order chi connectivity index (χ1) is 13.5. The molecule has 2 aromatic rings. The molecule has 28 heavy (non-hydrogen) atoms. The summed E-state index contributed by atoms with van der Waals surface area (Å²) >= 11 is 3.31. The summed E-state index contributed by atoms with van der Waals surface area (Å²) in [5.41, 5.74) is 1.25. The molecular formula is C20H18BrN3O4. The van der Waals surface area contributed by atoms with E-state index in [0.717, 1.165) is 9.37 Å². The van der Waals surface area contributed by atoms with Gasteiger partial charge in [0.15, 0.2) is 0 Å². The third-order valence-corrected chi connectivity index (χ3v) is 4.75. The molecule has 2 N–H and O–H groups in total. The van der Waals surface area contributed by atoms with Gasteiger partial charge in [-0.1, -0.05) is 34.1 Å². The van der Waals surface area contributed by atoms with E-state index in [1.165, 1.54) is 0 Å². The fourth-order valence-electron chi connectivity index (χ4n) is 2.85. The zero-order valence-electron chi connectivity index (χ0n) is 14.9. The zero-order chi connectivity index (χ0) is 20.1. The predicted octanol–water partition coefficient (Wildman–Crippen LogP) is 1.98. The van der Waals surface area contributed by atoms with Crippen LogP contribution in [0.5, 0.6) is 0 Å². The van der Waals surface area contributed by atoms with Crippen LogP contribution >= 0.6 is 15.9 Å². The van der Waals surface area contributed by atoms with Crippen molar-refractivity contribution in [3.8, 4) is 0 Å². The molecular weight excluding hydrogens is 426 g/mol. The zero-order valence-corrected chi connectivity index (χ0v) is 16.5. The van der Waals surface area contributed by atoms with E-state index in [1.54, 1.807) is 42.5 Å². The van der Waals surface area contributed by atoms with Gasteiger partial charge < -0.3 is 10.6 Å². The van der Waals surface area contributed by atoms with Crippen molar-refractivity contribution in [2.75, 3.05) is 19.6 Å². The molecule has 1 aliphatic heterocycles. The van der Waals surface area contributed by atoms with Crippen LogP contribution in [-0.4, -0.2) is 48.2 Å². The molecule has 3 rings (SSSR count). The number of imide groups is 1. The number of nitrogens with one attached hydrogen (secondary N) is 2. The Kier molecular flexibility index (Phi) is 6.20. The predicted molar refractivity (Wildman–Crippen MR) is 106 cm³/mol. The van der Waals surface area contributed by atoms with E-state index < -0.39 is 0 Å². The number of benzene rings is 2. The lowest BCUT2D eigenvalue weighted by molar-refractivity contribution is -0.121. The van der Waals surface area contributed by atoms with Crippen LogP contribution in [0, 0.1) is 0 Å². The first-order valence-electron chi connectivity index (χ1n) is 8.73. The molecule has 0 fully saturated rings. The maximum Gasteiger partial charge on any atom is 0.261 e. The Balaban J connectivity index is 1.39. The van der Waals surface area contributed by atoms with Gasteiger partial charge in [0, 0.05) is 36.1 Å². The molecule has 0 aromatic heterocycles. The minimum Gasteiger partial charge on any atom is -0.354 e. The second kappa shape index (κ2) is 8.79. The number of carbonyl (C=O) groups excluding carboxylic acids is 4. The Morgan fingerprint density at radius 2 is 1.54 bits per heavy atom. The van der Waals surface area contributed by atoms with Crippen LogP contribution in [-0.2, 0) is 4.79 Å². The van der Waals surface area contributed by atoms with Crippen molar-refractivity contribution in [1.82, 2.24) is 15.5 Å². The van der Waals surface area contributed by atoms with Crippen LogP contribution in [0.1, 0.15) is 37.5 Å². The third-order valence-electron chi connectivity index (χ3n) is 4.26. The molecule has 0 saturated carbocycles. The number of rotatable bonds is 7. The van der Waals surface area contributed by atoms with E-state index >= 15 is 0 Å². The smallest absolute Gasteiger partial charge is 0.261 e. The normalized spacial score (nSPS) is 12.7. The maximum atomic E-state index is 12.2. The van der Waals surface area contributed by atoms with Crippen molar-refractivity contribution >= 4 is 39.6 Å². The quantitative estimate of drug-likeness (QED) is 0.505. The topological polar surface area (TPSA) is 95.6 Å². The van der Waals surface area contributed by atoms with Crippen LogP contribution in [0.15, 0.2) is 53.0 Å². The molecule has 7 nitrogen and oxygen atoms in total. The van der Waals surface area contributed by atoms with Crippen LogP contribution in [0.25, 0.3) is 0 Å². The Bertz CT molecular complexity index is 910. The van der Waals surface area contributed by atoms with E-state index in [9.17, 15) is 19.2 Å². The fourth-order valence-corrected chi connectivity index (χ4v) is 3.25. The minimum absolute atomic E-state index is 0.00501. The van der Waals surface area contributed by atoms with Gasteiger partial charge in [0.05, 0.1) is 11.1 Å². The Morgan fingerprint density at radius 3 is 2.18 bits per heavy atom. The van der Waals surface area contributed by atoms with Crippen molar-refractivity contribution in [1.29, 1.82) is 0 Å². The monoisotopic (exact) mass is 443 g/mol. The lowest BCUT2D eigenvalue weighted by atomic mass is 10.1. The highest BCUT2D eigenvalue weighted by Gasteiger charge is 2.34. The molecule has 1 heterocycles. The summed E-state index contributed by atoms with van der Waals surface area (Å²) in [7, 11) is 0. The van der Waals surface area contributed by atoms with Gasteiger partial charge in [-0.2, -0.15) is 0 Å². The van der Waals surface area contributed by atoms with Crippen LogP contribution in [0.2, 0.25) is 0 Å². The molecule has 0 spiro atoms. The van der Waals surface area contributed by atoms with Crippen molar-refractivity contribution in [3.05, 3.63) is 69.7 Å². The van der Waals surface area contributed by atoms with Gasteiger partial charge in [-0.3, -0.25) is 24.1 Å². The SMILES string of the molecule is O=C(CCN1C(=O)c2ccccc2C1=O)NCCNC(=O)c1cccc(Br)c1. The third kappa shape index (κ3) is 4.45. The molecule has 0 aliphatic carbocycles. The molecule has 0 bridgehead atoms. The standard InChI is InChI=1S/C20H18BrN3O4/c21-14-5-3-4-13(12-14)18(26)23-10-9-22-17(25)8-11-24-19(27)15-6-1-2-7-16(15)20(24)28/h1-7,12H,8-11H2,(H,22,25)(H,23,26). The molecule has 144 valence electrons. The van der Waals surface area contributed by atoms with Crippen LogP contribution in [0.4, 0.5) is 0 Å². The summed E-state index contributed by atoms with van der Waals surface area (Å²) in [6, 6.07) is 13.6. The van der Waals surface area contributed by atoms with Gasteiger partial charge in [-0.15, -0.1) is 0 Å². The number of amides is 4. The highest BCUT2D eigenvalue weighted by Crippen LogP contribution is 2.22. The number of carbonyl (C=O) groups is 4. The molecule has 0 unspecified atom stereocenters. The van der Waals surface area contributed by atoms with Gasteiger partial charge in [0.25, 0.3) is 17.7 Å². The molecule has 0 radical (unpaired) electrons. The number of hydrogen-bond donors (Lipinski definition) is 2. The largest absolute Gasteiger partial charge is 0.354 e. The van der Waals surface area contributed by atoms with Gasteiger partial charge in [0.1, 0.15) is 0 Å². The lowest BCUT2D eigenvalue weighted by Crippen LogP contribution is -2.37. The summed E-state index contributed by atoms with van der Waals surface area (Å²) in [4.78, 5) is 49.5. The second-order valence-corrected chi connectivity index (χ2v) is 7.09. The lowest BCUT2D eigenvalue weighted by Gasteiger charge is -2.13. The molecule has 4 amide bonds. The number of hydrogen-bond acceptors (Lipinski definition) is 4. The molecule has 1 aliphatic rings. The summed E-state index contributed by atoms with van der Waals surface area (Å²) in [6.07, 6.45) is 0.00501. The van der Waals surface area contributed by atoms with Gasteiger partial charge in [-0.25, -0.2) is 0 Å². The number of nitrogens with zero attached hydrogens (tertiary/aromatic N) is 1. The van der Waals surface area contributed by atoms with Gasteiger partial charge in [-0.05, 0) is 30.3 Å². The molecule has 0 saturated heterocycles. The van der Waals surface area contributed by atoms with Crippen molar-refractivity contribution in [2.45, 2.75) is 6.42 Å². The Hall–Kier alpha value is -3.00. The fraction of sp³-hybridized carbons (Fsp3) is 0.200. The number of fused-ring (bicyclic) bond motifs is 1. The minimum atomic E-state index is -0.380. The van der Waals surface area contributed by atoms with E-state index in [4.69, 9.17) is 0 Å². The maximum absolute atomic E-state index is 12.2. The molecule has 0 atom stereocenters. The molecule has 8 heteroatoms. The van der Waals surface area contributed by atoms with Crippen LogP contribution in [0.3, 0.4) is 0 Å². The summed E-state index contributed by atoms with van der Waals surface area (Å²) < 4.78 is 0.807. The van der Waals surface area contributed by atoms with Crippen molar-refractivity contribution in [2.24, 2.45) is 0 Å². The molecule has 2 aromatic carbocycles. The van der Waals surface area contributed by atoms with Crippen molar-refractivity contribution < 1.29 is 19.2 Å². The Labute approximate surface area is 170 Å². The second-order valence-electron chi connectivity index (χ2n) is 6.17. The average Bonchev–Trinajstić information content (AvgIpc) is 2.94. The van der Waals surface area contributed by atoms with Crippen molar-refractivity contribution in [3.63, 3.8) is 0 Å². The first kappa shape index (κ1) is 19.8. The van der Waals surface area contributed by atoms with E-state index in [0.29, 0.717) is 16.7 Å². The highest BCUT2D eigenvalue weighted by molar-refractivity contribution is 9.10. The highest BCUT2D eigenvalue weighted by atomic mass is 79.9. The average molecular weight is 444 g/mol. The Morgan fingerprint density at radius 1 is 0.893 bits per heavy atom. The van der Waals surface area contributed by atoms with E-state index in [1.807, 2.05) is 6.07 Å². The summed E-state index contributed by atoms with van der Waals surface area (Å²) in [5, 5.41) is 5.38. The van der Waals surface area contributed by atoms with Gasteiger partial charge >= 0.3 is 0 Å². The number of halogens is 1. The first-order valence-corrected chi connectivity index (χ1v) is 9.52. The van der Waals surface area contributed by atoms with Crippen LogP contribution < -0.4 is 10.6 Å². The van der Waals surface area contributed by atoms with Gasteiger partial charge in [0.2, 0.25) is 5.91 Å². The summed E-state index contributed by atoms with van der Waals surface area (Å²) in [5.74, 6) is -1.29.